The molecule has 4 nitrogen and oxygen atoms in total. The number of nitrogens with zero attached hydrogens (tertiary/aromatic N) is 1. The third-order valence-corrected chi connectivity index (χ3v) is 5.38. The quantitative estimate of drug-likeness (QED) is 0.393. The highest BCUT2D eigenvalue weighted by atomic mass is 79.9. The van der Waals surface area contributed by atoms with Crippen LogP contribution in [0.3, 0.4) is 0 Å². The first-order chi connectivity index (χ1) is 13.7. The number of allylic oxidation sites excluding steroid dienone is 1. The Morgan fingerprint density at radius 1 is 0.964 bits per heavy atom. The largest absolute Gasteiger partial charge is 0.457 e. The lowest BCUT2D eigenvalue weighted by Gasteiger charge is -2.28. The van der Waals surface area contributed by atoms with Gasteiger partial charge >= 0.3 is 0 Å². The maximum Gasteiger partial charge on any atom is 0.185 e. The fraction of sp³-hybridized carbons (Fsp3) is 0.174. The zero-order valence-electron chi connectivity index (χ0n) is 15.3. The minimum Gasteiger partial charge on any atom is -0.457 e. The molecule has 3 aromatic rings. The van der Waals surface area contributed by atoms with Gasteiger partial charge in [0.2, 0.25) is 0 Å². The number of ketones is 1. The fourth-order valence-corrected chi connectivity index (χ4v) is 3.64. The Morgan fingerprint density at radius 3 is 2.46 bits per heavy atom. The second-order valence-corrected chi connectivity index (χ2v) is 7.38. The number of halogens is 1. The molecule has 0 amide bonds. The van der Waals surface area contributed by atoms with Gasteiger partial charge in [-0.25, -0.2) is 0 Å². The molecule has 0 unspecified atom stereocenters. The lowest BCUT2D eigenvalue weighted by Crippen LogP contribution is -2.36. The monoisotopic (exact) mass is 437 g/mol. The second-order valence-electron chi connectivity index (χ2n) is 6.53. The molecule has 0 saturated carbocycles. The zero-order valence-corrected chi connectivity index (χ0v) is 16.9. The molecular formula is C23H20BrNO3. The van der Waals surface area contributed by atoms with Crippen molar-refractivity contribution in [3.63, 3.8) is 0 Å². The summed E-state index contributed by atoms with van der Waals surface area (Å²) in [5, 5.41) is 0. The molecule has 0 spiro atoms. The van der Waals surface area contributed by atoms with Gasteiger partial charge in [-0.3, -0.25) is 4.79 Å². The first kappa shape index (κ1) is 18.7. The molecule has 1 saturated heterocycles. The van der Waals surface area contributed by atoms with E-state index in [0.29, 0.717) is 11.3 Å². The van der Waals surface area contributed by atoms with E-state index in [4.69, 9.17) is 9.15 Å². The highest BCUT2D eigenvalue weighted by Crippen LogP contribution is 2.29. The van der Waals surface area contributed by atoms with Crippen LogP contribution in [0.5, 0.6) is 0 Å². The highest BCUT2D eigenvalue weighted by Gasteiger charge is 2.12. The van der Waals surface area contributed by atoms with Crippen LogP contribution in [0.2, 0.25) is 0 Å². The second kappa shape index (κ2) is 8.59. The molecule has 0 atom stereocenters. The van der Waals surface area contributed by atoms with E-state index in [0.717, 1.165) is 47.8 Å². The molecule has 0 N–H and O–H groups in total. The van der Waals surface area contributed by atoms with Gasteiger partial charge in [-0.05, 0) is 54.6 Å². The van der Waals surface area contributed by atoms with Gasteiger partial charge in [0.25, 0.3) is 0 Å². The van der Waals surface area contributed by atoms with Crippen LogP contribution in [0.4, 0.5) is 5.69 Å². The minimum absolute atomic E-state index is 0.0487. The van der Waals surface area contributed by atoms with Crippen molar-refractivity contribution >= 4 is 33.5 Å². The van der Waals surface area contributed by atoms with E-state index < -0.39 is 0 Å². The fourth-order valence-electron chi connectivity index (χ4n) is 3.16. The van der Waals surface area contributed by atoms with Crippen LogP contribution in [0.15, 0.2) is 75.6 Å². The molecule has 0 aliphatic carbocycles. The van der Waals surface area contributed by atoms with Crippen molar-refractivity contribution in [1.29, 1.82) is 0 Å². The molecule has 142 valence electrons. The maximum atomic E-state index is 12.5. The van der Waals surface area contributed by atoms with Crippen molar-refractivity contribution in [3.8, 4) is 11.3 Å². The Hall–Kier alpha value is -2.63. The number of carbonyl (C=O) groups is 1. The highest BCUT2D eigenvalue weighted by molar-refractivity contribution is 9.10. The van der Waals surface area contributed by atoms with Crippen LogP contribution in [0.1, 0.15) is 16.1 Å². The van der Waals surface area contributed by atoms with Crippen molar-refractivity contribution < 1.29 is 13.9 Å². The molecule has 5 heteroatoms. The van der Waals surface area contributed by atoms with Crippen LogP contribution < -0.4 is 4.90 Å². The van der Waals surface area contributed by atoms with Crippen LogP contribution >= 0.6 is 15.9 Å². The van der Waals surface area contributed by atoms with Crippen LogP contribution in [-0.2, 0) is 4.74 Å². The van der Waals surface area contributed by atoms with E-state index >= 15 is 0 Å². The summed E-state index contributed by atoms with van der Waals surface area (Å²) in [6.45, 7) is 3.25. The van der Waals surface area contributed by atoms with Crippen LogP contribution in [0.25, 0.3) is 17.4 Å². The summed E-state index contributed by atoms with van der Waals surface area (Å²) in [6.07, 6.45) is 3.25. The number of carbonyl (C=O) groups excluding carboxylic acids is 1. The van der Waals surface area contributed by atoms with Gasteiger partial charge < -0.3 is 14.1 Å². The Labute approximate surface area is 172 Å². The maximum absolute atomic E-state index is 12.5. The summed E-state index contributed by atoms with van der Waals surface area (Å²) in [4.78, 5) is 14.7. The SMILES string of the molecule is O=C(/C=C\c1ccc(-c2ccccc2Br)o1)c1ccc(N2CCOCC2)cc1. The number of anilines is 1. The minimum atomic E-state index is -0.0487. The van der Waals surface area contributed by atoms with E-state index in [9.17, 15) is 4.79 Å². The molecule has 2 heterocycles. The van der Waals surface area contributed by atoms with Crippen molar-refractivity contribution in [2.75, 3.05) is 31.2 Å². The number of morpholine rings is 1. The van der Waals surface area contributed by atoms with Crippen LogP contribution in [-0.4, -0.2) is 32.1 Å². The number of benzene rings is 2. The molecular weight excluding hydrogens is 418 g/mol. The van der Waals surface area contributed by atoms with Gasteiger partial charge in [-0.1, -0.05) is 34.1 Å². The zero-order chi connectivity index (χ0) is 19.3. The lowest BCUT2D eigenvalue weighted by molar-refractivity contribution is 0.104. The lowest BCUT2D eigenvalue weighted by atomic mass is 10.1. The molecule has 1 aliphatic rings. The van der Waals surface area contributed by atoms with Gasteiger partial charge in [0.1, 0.15) is 11.5 Å². The Morgan fingerprint density at radius 2 is 1.71 bits per heavy atom. The van der Waals surface area contributed by atoms with Crippen molar-refractivity contribution in [2.24, 2.45) is 0 Å². The molecule has 0 bridgehead atoms. The van der Waals surface area contributed by atoms with Crippen molar-refractivity contribution in [1.82, 2.24) is 0 Å². The molecule has 1 aromatic heterocycles. The van der Waals surface area contributed by atoms with E-state index in [1.807, 2.05) is 60.7 Å². The molecule has 4 rings (SSSR count). The standard InChI is InChI=1S/C23H20BrNO3/c24-21-4-2-1-3-20(21)23-12-10-19(28-23)9-11-22(26)17-5-7-18(8-6-17)25-13-15-27-16-14-25/h1-12H,13-16H2/b11-9-. The van der Waals surface area contributed by atoms with E-state index in [-0.39, 0.29) is 5.78 Å². The number of ether oxygens (including phenoxy) is 1. The smallest absolute Gasteiger partial charge is 0.185 e. The topological polar surface area (TPSA) is 42.7 Å². The third-order valence-electron chi connectivity index (χ3n) is 4.69. The Kier molecular flexibility index (Phi) is 5.74. The van der Waals surface area contributed by atoms with Gasteiger partial charge in [0.05, 0.1) is 13.2 Å². The van der Waals surface area contributed by atoms with E-state index in [1.54, 1.807) is 12.2 Å². The van der Waals surface area contributed by atoms with E-state index in [1.165, 1.54) is 0 Å². The van der Waals surface area contributed by atoms with Crippen LogP contribution in [0, 0.1) is 0 Å². The van der Waals surface area contributed by atoms with Gasteiger partial charge in [-0.15, -0.1) is 0 Å². The summed E-state index contributed by atoms with van der Waals surface area (Å²) in [6, 6.07) is 19.4. The Balaban J connectivity index is 1.43. The average Bonchev–Trinajstić information content (AvgIpc) is 3.22. The van der Waals surface area contributed by atoms with Gasteiger partial charge in [0, 0.05) is 34.4 Å². The number of furan rings is 1. The average molecular weight is 438 g/mol. The molecule has 0 radical (unpaired) electrons. The Bertz CT molecular complexity index is 985. The first-order valence-corrected chi connectivity index (χ1v) is 10.00. The normalized spacial score (nSPS) is 14.5. The summed E-state index contributed by atoms with van der Waals surface area (Å²) < 4.78 is 12.2. The number of hydrogen-bond acceptors (Lipinski definition) is 4. The predicted octanol–water partition coefficient (Wildman–Crippen LogP) is 5.44. The third kappa shape index (κ3) is 4.26. The number of hydrogen-bond donors (Lipinski definition) is 0. The molecule has 1 aliphatic heterocycles. The van der Waals surface area contributed by atoms with E-state index in [2.05, 4.69) is 20.8 Å². The number of rotatable bonds is 5. The summed E-state index contributed by atoms with van der Waals surface area (Å²) in [5.41, 5.74) is 2.76. The van der Waals surface area contributed by atoms with Crippen molar-refractivity contribution in [3.05, 3.63) is 82.5 Å². The van der Waals surface area contributed by atoms with Gasteiger partial charge in [0.15, 0.2) is 5.78 Å². The summed E-state index contributed by atoms with van der Waals surface area (Å²) in [7, 11) is 0. The molecule has 1 fully saturated rings. The van der Waals surface area contributed by atoms with Gasteiger partial charge in [-0.2, -0.15) is 0 Å². The van der Waals surface area contributed by atoms with Crippen molar-refractivity contribution in [2.45, 2.75) is 0 Å². The first-order valence-electron chi connectivity index (χ1n) is 9.20. The predicted molar refractivity (Wildman–Crippen MR) is 115 cm³/mol. The summed E-state index contributed by atoms with van der Waals surface area (Å²) in [5.74, 6) is 1.35. The molecule has 28 heavy (non-hydrogen) atoms. The summed E-state index contributed by atoms with van der Waals surface area (Å²) >= 11 is 3.53. The molecule has 2 aromatic carbocycles.